The van der Waals surface area contributed by atoms with E-state index in [1.807, 2.05) is 30.0 Å². The Balaban J connectivity index is 2.03. The predicted molar refractivity (Wildman–Crippen MR) is 88.8 cm³/mol. The Labute approximate surface area is 132 Å². The maximum Gasteiger partial charge on any atom is 0.229 e. The Hall–Kier alpha value is -1.84. The molecule has 120 valence electrons. The predicted octanol–water partition coefficient (Wildman–Crippen LogP) is 3.14. The summed E-state index contributed by atoms with van der Waals surface area (Å²) in [4.78, 5) is 26.3. The average molecular weight is 302 g/mol. The summed E-state index contributed by atoms with van der Waals surface area (Å²) in [5.41, 5.74) is 3.12. The summed E-state index contributed by atoms with van der Waals surface area (Å²) in [5, 5.41) is 3.05. The van der Waals surface area contributed by atoms with E-state index in [2.05, 4.69) is 19.2 Å². The van der Waals surface area contributed by atoms with E-state index in [4.69, 9.17) is 0 Å². The topological polar surface area (TPSA) is 49.4 Å². The van der Waals surface area contributed by atoms with Gasteiger partial charge in [-0.05, 0) is 30.9 Å². The van der Waals surface area contributed by atoms with Gasteiger partial charge in [0.15, 0.2) is 0 Å². The van der Waals surface area contributed by atoms with Crippen LogP contribution in [0.25, 0.3) is 0 Å². The Bertz CT molecular complexity index is 554. The summed E-state index contributed by atoms with van der Waals surface area (Å²) >= 11 is 0. The van der Waals surface area contributed by atoms with Gasteiger partial charge in [-0.25, -0.2) is 0 Å². The number of nitrogens with one attached hydrogen (secondary N) is 1. The fraction of sp³-hybridized carbons (Fsp3) is 0.556. The molecule has 22 heavy (non-hydrogen) atoms. The molecule has 1 atom stereocenters. The molecule has 0 aromatic heterocycles. The highest BCUT2D eigenvalue weighted by Crippen LogP contribution is 2.24. The first kappa shape index (κ1) is 16.5. The van der Waals surface area contributed by atoms with Crippen molar-refractivity contribution in [3.63, 3.8) is 0 Å². The van der Waals surface area contributed by atoms with Crippen molar-refractivity contribution < 1.29 is 9.59 Å². The molecule has 2 rings (SSSR count). The number of unbranched alkanes of at least 4 members (excludes halogenated alkanes) is 1. The minimum absolute atomic E-state index is 0.0312. The van der Waals surface area contributed by atoms with Gasteiger partial charge in [0.25, 0.3) is 0 Å². The number of benzene rings is 1. The van der Waals surface area contributed by atoms with Crippen molar-refractivity contribution in [2.45, 2.75) is 46.5 Å². The first-order valence-corrected chi connectivity index (χ1v) is 8.23. The van der Waals surface area contributed by atoms with Gasteiger partial charge < -0.3 is 10.2 Å². The van der Waals surface area contributed by atoms with Gasteiger partial charge in [0.05, 0.1) is 5.92 Å². The van der Waals surface area contributed by atoms with Gasteiger partial charge in [-0.1, -0.05) is 38.5 Å². The second-order valence-corrected chi connectivity index (χ2v) is 6.05. The number of anilines is 1. The van der Waals surface area contributed by atoms with Crippen LogP contribution in [0.2, 0.25) is 0 Å². The molecule has 0 radical (unpaired) electrons. The number of hydrogen-bond donors (Lipinski definition) is 1. The fourth-order valence-corrected chi connectivity index (χ4v) is 2.94. The fourth-order valence-electron chi connectivity index (χ4n) is 2.94. The van der Waals surface area contributed by atoms with Gasteiger partial charge in [-0.3, -0.25) is 9.59 Å². The van der Waals surface area contributed by atoms with E-state index < -0.39 is 0 Å². The standard InChI is InChI=1S/C18H26N2O2/c1-4-6-10-20-12-15(11-16(20)21)18(22)19-17-13(3)8-7-9-14(17)5-2/h7-9,15H,4-6,10-12H2,1-3H3,(H,19,22). The van der Waals surface area contributed by atoms with E-state index in [0.29, 0.717) is 13.0 Å². The maximum atomic E-state index is 12.5. The van der Waals surface area contributed by atoms with Crippen LogP contribution in [0.4, 0.5) is 5.69 Å². The molecular formula is C18H26N2O2. The molecular weight excluding hydrogens is 276 g/mol. The van der Waals surface area contributed by atoms with Crippen LogP contribution in [0.3, 0.4) is 0 Å². The number of carbonyl (C=O) groups excluding carboxylic acids is 2. The Kier molecular flexibility index (Phi) is 5.58. The molecule has 4 heteroatoms. The smallest absolute Gasteiger partial charge is 0.229 e. The highest BCUT2D eigenvalue weighted by atomic mass is 16.2. The normalized spacial score (nSPS) is 17.9. The third kappa shape index (κ3) is 3.67. The van der Waals surface area contributed by atoms with Gasteiger partial charge in [-0.2, -0.15) is 0 Å². The van der Waals surface area contributed by atoms with Crippen molar-refractivity contribution in [2.24, 2.45) is 5.92 Å². The Morgan fingerprint density at radius 2 is 2.14 bits per heavy atom. The van der Waals surface area contributed by atoms with Crippen molar-refractivity contribution in [3.05, 3.63) is 29.3 Å². The van der Waals surface area contributed by atoms with E-state index in [1.54, 1.807) is 0 Å². The molecule has 1 unspecified atom stereocenters. The number of aryl methyl sites for hydroxylation is 2. The third-order valence-electron chi connectivity index (χ3n) is 4.36. The second kappa shape index (κ2) is 7.43. The van der Waals surface area contributed by atoms with E-state index in [-0.39, 0.29) is 17.7 Å². The summed E-state index contributed by atoms with van der Waals surface area (Å²) in [5.74, 6) is -0.154. The molecule has 1 aromatic carbocycles. The average Bonchev–Trinajstić information content (AvgIpc) is 2.88. The van der Waals surface area contributed by atoms with Crippen LogP contribution in [0.1, 0.15) is 44.2 Å². The molecule has 1 N–H and O–H groups in total. The van der Waals surface area contributed by atoms with E-state index in [9.17, 15) is 9.59 Å². The van der Waals surface area contributed by atoms with Crippen LogP contribution in [0.5, 0.6) is 0 Å². The zero-order valence-corrected chi connectivity index (χ0v) is 13.8. The van der Waals surface area contributed by atoms with Crippen molar-refractivity contribution in [2.75, 3.05) is 18.4 Å². The van der Waals surface area contributed by atoms with Crippen LogP contribution in [0, 0.1) is 12.8 Å². The third-order valence-corrected chi connectivity index (χ3v) is 4.36. The van der Waals surface area contributed by atoms with Crippen molar-refractivity contribution >= 4 is 17.5 Å². The van der Waals surface area contributed by atoms with Gasteiger partial charge in [-0.15, -0.1) is 0 Å². The number of para-hydroxylation sites is 1. The minimum Gasteiger partial charge on any atom is -0.342 e. The van der Waals surface area contributed by atoms with Crippen LogP contribution in [-0.4, -0.2) is 29.8 Å². The molecule has 0 aliphatic carbocycles. The lowest BCUT2D eigenvalue weighted by Crippen LogP contribution is -2.29. The van der Waals surface area contributed by atoms with Crippen LogP contribution >= 0.6 is 0 Å². The SMILES string of the molecule is CCCCN1CC(C(=O)Nc2c(C)cccc2CC)CC1=O. The van der Waals surface area contributed by atoms with E-state index in [0.717, 1.165) is 42.6 Å². The van der Waals surface area contributed by atoms with Crippen LogP contribution < -0.4 is 5.32 Å². The summed E-state index contributed by atoms with van der Waals surface area (Å²) in [6.07, 6.45) is 3.27. The van der Waals surface area contributed by atoms with Gasteiger partial charge >= 0.3 is 0 Å². The molecule has 1 saturated heterocycles. The largest absolute Gasteiger partial charge is 0.342 e. The summed E-state index contributed by atoms with van der Waals surface area (Å²) in [7, 11) is 0. The van der Waals surface area contributed by atoms with Crippen molar-refractivity contribution in [3.8, 4) is 0 Å². The minimum atomic E-state index is -0.228. The molecule has 0 bridgehead atoms. The van der Waals surface area contributed by atoms with Crippen LogP contribution in [-0.2, 0) is 16.0 Å². The molecule has 0 saturated carbocycles. The molecule has 1 heterocycles. The number of amides is 2. The molecule has 1 aliphatic heterocycles. The summed E-state index contributed by atoms with van der Waals surface area (Å²) in [6.45, 7) is 7.51. The molecule has 1 aliphatic rings. The maximum absolute atomic E-state index is 12.5. The van der Waals surface area contributed by atoms with Crippen molar-refractivity contribution in [1.29, 1.82) is 0 Å². The first-order chi connectivity index (χ1) is 10.6. The summed E-state index contributed by atoms with van der Waals surface area (Å²) < 4.78 is 0. The van der Waals surface area contributed by atoms with Crippen molar-refractivity contribution in [1.82, 2.24) is 4.90 Å². The molecule has 0 spiro atoms. The number of nitrogens with zero attached hydrogens (tertiary/aromatic N) is 1. The number of rotatable bonds is 6. The highest BCUT2D eigenvalue weighted by molar-refractivity contribution is 5.98. The monoisotopic (exact) mass is 302 g/mol. The van der Waals surface area contributed by atoms with Gasteiger partial charge in [0, 0.05) is 25.2 Å². The van der Waals surface area contributed by atoms with Gasteiger partial charge in [0.1, 0.15) is 0 Å². The number of carbonyl (C=O) groups is 2. The van der Waals surface area contributed by atoms with E-state index >= 15 is 0 Å². The number of likely N-dealkylation sites (tertiary alicyclic amines) is 1. The van der Waals surface area contributed by atoms with Gasteiger partial charge in [0.2, 0.25) is 11.8 Å². The Morgan fingerprint density at radius 3 is 2.82 bits per heavy atom. The Morgan fingerprint density at radius 1 is 1.36 bits per heavy atom. The number of hydrogen-bond acceptors (Lipinski definition) is 2. The molecule has 2 amide bonds. The molecule has 1 fully saturated rings. The second-order valence-electron chi connectivity index (χ2n) is 6.05. The quantitative estimate of drug-likeness (QED) is 0.877. The lowest BCUT2D eigenvalue weighted by atomic mass is 10.0. The summed E-state index contributed by atoms with van der Waals surface area (Å²) in [6, 6.07) is 6.05. The zero-order valence-electron chi connectivity index (χ0n) is 13.8. The zero-order chi connectivity index (χ0) is 16.1. The lowest BCUT2D eigenvalue weighted by Gasteiger charge is -2.17. The molecule has 1 aromatic rings. The lowest BCUT2D eigenvalue weighted by molar-refractivity contribution is -0.128. The highest BCUT2D eigenvalue weighted by Gasteiger charge is 2.34. The van der Waals surface area contributed by atoms with Crippen LogP contribution in [0.15, 0.2) is 18.2 Å². The van der Waals surface area contributed by atoms with E-state index in [1.165, 1.54) is 0 Å². The molecule has 4 nitrogen and oxygen atoms in total. The first-order valence-electron chi connectivity index (χ1n) is 8.23.